The van der Waals surface area contributed by atoms with Crippen LogP contribution in [-0.2, 0) is 6.42 Å². The Morgan fingerprint density at radius 3 is 2.95 bits per heavy atom. The van der Waals surface area contributed by atoms with Gasteiger partial charge < -0.3 is 10.2 Å². The second-order valence-corrected chi connectivity index (χ2v) is 4.85. The van der Waals surface area contributed by atoms with Crippen LogP contribution in [0.5, 0.6) is 0 Å². The molecule has 0 spiro atoms. The zero-order valence-corrected chi connectivity index (χ0v) is 11.6. The Kier molecular flexibility index (Phi) is 4.68. The van der Waals surface area contributed by atoms with Gasteiger partial charge in [0, 0.05) is 30.8 Å². The van der Waals surface area contributed by atoms with Crippen LogP contribution in [0.2, 0.25) is 0 Å². The maximum atomic E-state index is 12.3. The molecule has 0 aromatic heterocycles. The number of nitrogens with one attached hydrogen (secondary N) is 1. The van der Waals surface area contributed by atoms with Crippen molar-refractivity contribution < 1.29 is 9.72 Å². The minimum absolute atomic E-state index is 0.0217. The van der Waals surface area contributed by atoms with Crippen LogP contribution in [0.25, 0.3) is 0 Å². The number of amides is 1. The normalized spacial score (nSPS) is 14.2. The standard InChI is InChI=1S/C14H19N3O3/c1-2-15-7-3-8-16-9-6-11-4-5-12(17(19)20)10-13(11)14(16)18/h4-5,10,15H,2-3,6-9H2,1H3. The van der Waals surface area contributed by atoms with Gasteiger partial charge in [-0.1, -0.05) is 13.0 Å². The lowest BCUT2D eigenvalue weighted by molar-refractivity contribution is -0.384. The molecule has 1 heterocycles. The van der Waals surface area contributed by atoms with Crippen LogP contribution in [0.3, 0.4) is 0 Å². The summed E-state index contributed by atoms with van der Waals surface area (Å²) in [6.07, 6.45) is 1.66. The lowest BCUT2D eigenvalue weighted by Gasteiger charge is -2.28. The van der Waals surface area contributed by atoms with Gasteiger partial charge in [0.1, 0.15) is 0 Å². The van der Waals surface area contributed by atoms with Gasteiger partial charge in [-0.25, -0.2) is 0 Å². The van der Waals surface area contributed by atoms with Crippen molar-refractivity contribution in [3.05, 3.63) is 39.4 Å². The molecule has 0 saturated heterocycles. The maximum Gasteiger partial charge on any atom is 0.270 e. The summed E-state index contributed by atoms with van der Waals surface area (Å²) in [7, 11) is 0. The van der Waals surface area contributed by atoms with E-state index in [2.05, 4.69) is 5.32 Å². The smallest absolute Gasteiger partial charge is 0.270 e. The Morgan fingerprint density at radius 2 is 2.25 bits per heavy atom. The molecule has 1 aromatic carbocycles. The number of carbonyl (C=O) groups excluding carboxylic acids is 1. The molecule has 1 aromatic rings. The van der Waals surface area contributed by atoms with E-state index in [1.165, 1.54) is 12.1 Å². The Balaban J connectivity index is 2.07. The molecule has 1 aliphatic heterocycles. The molecule has 108 valence electrons. The highest BCUT2D eigenvalue weighted by molar-refractivity contribution is 5.97. The van der Waals surface area contributed by atoms with Crippen LogP contribution >= 0.6 is 0 Å². The van der Waals surface area contributed by atoms with Gasteiger partial charge in [0.2, 0.25) is 0 Å². The molecule has 0 atom stereocenters. The van der Waals surface area contributed by atoms with Gasteiger partial charge in [0.25, 0.3) is 11.6 Å². The molecule has 6 nitrogen and oxygen atoms in total. The third-order valence-electron chi connectivity index (χ3n) is 3.50. The second kappa shape index (κ2) is 6.47. The predicted molar refractivity (Wildman–Crippen MR) is 75.9 cm³/mol. The molecule has 6 heteroatoms. The SMILES string of the molecule is CCNCCCN1CCc2ccc([N+](=O)[O-])cc2C1=O. The van der Waals surface area contributed by atoms with E-state index in [0.29, 0.717) is 18.7 Å². The molecule has 0 radical (unpaired) electrons. The van der Waals surface area contributed by atoms with E-state index in [9.17, 15) is 14.9 Å². The Morgan fingerprint density at radius 1 is 1.45 bits per heavy atom. The molecule has 2 rings (SSSR count). The quantitative estimate of drug-likeness (QED) is 0.487. The fourth-order valence-electron chi connectivity index (χ4n) is 2.41. The topological polar surface area (TPSA) is 75.5 Å². The van der Waals surface area contributed by atoms with Gasteiger partial charge in [0.15, 0.2) is 0 Å². The monoisotopic (exact) mass is 277 g/mol. The second-order valence-electron chi connectivity index (χ2n) is 4.85. The first-order chi connectivity index (χ1) is 9.63. The minimum Gasteiger partial charge on any atom is -0.338 e. The lowest BCUT2D eigenvalue weighted by atomic mass is 9.98. The Hall–Kier alpha value is -1.95. The van der Waals surface area contributed by atoms with Crippen molar-refractivity contribution in [3.8, 4) is 0 Å². The summed E-state index contributed by atoms with van der Waals surface area (Å²) in [5.41, 5.74) is 1.36. The number of nitro benzene ring substituents is 1. The summed E-state index contributed by atoms with van der Waals surface area (Å²) in [6, 6.07) is 4.56. The van der Waals surface area contributed by atoms with Crippen molar-refractivity contribution in [1.82, 2.24) is 10.2 Å². The van der Waals surface area contributed by atoms with Gasteiger partial charge in [-0.15, -0.1) is 0 Å². The summed E-state index contributed by atoms with van der Waals surface area (Å²) in [5, 5.41) is 14.0. The van der Waals surface area contributed by atoms with Crippen molar-refractivity contribution in [2.45, 2.75) is 19.8 Å². The van der Waals surface area contributed by atoms with Crippen molar-refractivity contribution in [2.24, 2.45) is 0 Å². The van der Waals surface area contributed by atoms with Crippen LogP contribution in [-0.4, -0.2) is 41.9 Å². The number of hydrogen-bond acceptors (Lipinski definition) is 4. The van der Waals surface area contributed by atoms with Gasteiger partial charge >= 0.3 is 0 Å². The number of hydrogen-bond donors (Lipinski definition) is 1. The van der Waals surface area contributed by atoms with E-state index in [-0.39, 0.29) is 11.6 Å². The first-order valence-electron chi connectivity index (χ1n) is 6.90. The van der Waals surface area contributed by atoms with Gasteiger partial charge in [-0.2, -0.15) is 0 Å². The van der Waals surface area contributed by atoms with Gasteiger partial charge in [-0.3, -0.25) is 14.9 Å². The number of fused-ring (bicyclic) bond motifs is 1. The fourth-order valence-corrected chi connectivity index (χ4v) is 2.41. The Labute approximate surface area is 117 Å². The van der Waals surface area contributed by atoms with E-state index >= 15 is 0 Å². The molecule has 0 bridgehead atoms. The van der Waals surface area contributed by atoms with Crippen LogP contribution in [0.1, 0.15) is 29.3 Å². The highest BCUT2D eigenvalue weighted by atomic mass is 16.6. The zero-order chi connectivity index (χ0) is 14.5. The third kappa shape index (κ3) is 3.14. The van der Waals surface area contributed by atoms with Gasteiger partial charge in [-0.05, 0) is 31.5 Å². The van der Waals surface area contributed by atoms with Crippen molar-refractivity contribution in [2.75, 3.05) is 26.2 Å². The number of carbonyl (C=O) groups is 1. The van der Waals surface area contributed by atoms with Crippen LogP contribution in [0.4, 0.5) is 5.69 Å². The highest BCUT2D eigenvalue weighted by Gasteiger charge is 2.25. The van der Waals surface area contributed by atoms with Crippen LogP contribution in [0, 0.1) is 10.1 Å². The molecule has 1 amide bonds. The van der Waals surface area contributed by atoms with E-state index < -0.39 is 4.92 Å². The number of nitrogens with zero attached hydrogens (tertiary/aromatic N) is 2. The molecule has 1 N–H and O–H groups in total. The van der Waals surface area contributed by atoms with E-state index in [1.54, 1.807) is 11.0 Å². The molecule has 0 aliphatic carbocycles. The number of nitro groups is 1. The summed E-state index contributed by atoms with van der Waals surface area (Å²) in [6.45, 7) is 5.22. The average Bonchev–Trinajstić information content (AvgIpc) is 2.45. The molecule has 0 fully saturated rings. The van der Waals surface area contributed by atoms with Crippen LogP contribution < -0.4 is 5.32 Å². The molecule has 0 saturated carbocycles. The van der Waals surface area contributed by atoms with Crippen LogP contribution in [0.15, 0.2) is 18.2 Å². The summed E-state index contributed by atoms with van der Waals surface area (Å²) in [5.74, 6) is -0.0913. The first kappa shape index (κ1) is 14.5. The third-order valence-corrected chi connectivity index (χ3v) is 3.50. The fraction of sp³-hybridized carbons (Fsp3) is 0.500. The summed E-state index contributed by atoms with van der Waals surface area (Å²) < 4.78 is 0. The van der Waals surface area contributed by atoms with Crippen molar-refractivity contribution in [3.63, 3.8) is 0 Å². The number of non-ortho nitro benzene ring substituents is 1. The summed E-state index contributed by atoms with van der Waals surface area (Å²) >= 11 is 0. The highest BCUT2D eigenvalue weighted by Crippen LogP contribution is 2.23. The van der Waals surface area contributed by atoms with E-state index in [0.717, 1.165) is 31.5 Å². The minimum atomic E-state index is -0.461. The predicted octanol–water partition coefficient (Wildman–Crippen LogP) is 1.59. The van der Waals surface area contributed by atoms with Gasteiger partial charge in [0.05, 0.1) is 4.92 Å². The number of rotatable bonds is 6. The molecular formula is C14H19N3O3. The van der Waals surface area contributed by atoms with Crippen molar-refractivity contribution in [1.29, 1.82) is 0 Å². The number of benzene rings is 1. The van der Waals surface area contributed by atoms with Crippen molar-refractivity contribution >= 4 is 11.6 Å². The largest absolute Gasteiger partial charge is 0.338 e. The first-order valence-corrected chi connectivity index (χ1v) is 6.90. The average molecular weight is 277 g/mol. The molecule has 1 aliphatic rings. The zero-order valence-electron chi connectivity index (χ0n) is 11.6. The molecule has 20 heavy (non-hydrogen) atoms. The Bertz CT molecular complexity index is 516. The molecule has 0 unspecified atom stereocenters. The summed E-state index contributed by atoms with van der Waals surface area (Å²) in [4.78, 5) is 24.4. The van der Waals surface area contributed by atoms with E-state index in [4.69, 9.17) is 0 Å². The lowest BCUT2D eigenvalue weighted by Crippen LogP contribution is -2.39. The van der Waals surface area contributed by atoms with E-state index in [1.807, 2.05) is 6.92 Å². The molecular weight excluding hydrogens is 258 g/mol. The maximum absolute atomic E-state index is 12.3.